The number of aromatic hydroxyl groups is 1. The highest BCUT2D eigenvalue weighted by atomic mass is 16.6. The summed E-state index contributed by atoms with van der Waals surface area (Å²) in [7, 11) is 0. The lowest BCUT2D eigenvalue weighted by Crippen LogP contribution is -2.33. The fourth-order valence-corrected chi connectivity index (χ4v) is 2.48. The van der Waals surface area contributed by atoms with E-state index < -0.39 is 5.60 Å². The maximum atomic E-state index is 11.6. The number of ether oxygens (including phenoxy) is 1. The van der Waals surface area contributed by atoms with Crippen LogP contribution in [0.5, 0.6) is 5.75 Å². The minimum atomic E-state index is -0.480. The van der Waals surface area contributed by atoms with Crippen molar-refractivity contribution < 1.29 is 14.6 Å². The van der Waals surface area contributed by atoms with Gasteiger partial charge in [0.2, 0.25) is 0 Å². The van der Waals surface area contributed by atoms with E-state index in [0.717, 1.165) is 24.0 Å². The molecule has 0 radical (unpaired) electrons. The molecule has 0 saturated heterocycles. The van der Waals surface area contributed by atoms with Crippen LogP contribution < -0.4 is 5.32 Å². The van der Waals surface area contributed by atoms with Crippen molar-refractivity contribution in [3.63, 3.8) is 0 Å². The molecule has 2 rings (SSSR count). The van der Waals surface area contributed by atoms with Crippen LogP contribution in [-0.2, 0) is 11.2 Å². The van der Waals surface area contributed by atoms with Crippen molar-refractivity contribution in [2.24, 2.45) is 0 Å². The van der Waals surface area contributed by atoms with E-state index in [2.05, 4.69) is 11.4 Å². The van der Waals surface area contributed by atoms with E-state index in [1.165, 1.54) is 5.56 Å². The van der Waals surface area contributed by atoms with Crippen LogP contribution in [0.1, 0.15) is 32.8 Å². The van der Waals surface area contributed by atoms with Crippen molar-refractivity contribution in [2.75, 3.05) is 6.54 Å². The normalized spacial score (nSPS) is 11.1. The Kier molecular flexibility index (Phi) is 5.85. The molecule has 1 amide bonds. The number of nitrogens with one attached hydrogen (secondary N) is 1. The topological polar surface area (TPSA) is 58.6 Å². The van der Waals surface area contributed by atoms with Gasteiger partial charge in [0, 0.05) is 6.54 Å². The Hall–Kier alpha value is -2.49. The van der Waals surface area contributed by atoms with Crippen molar-refractivity contribution in [1.29, 1.82) is 0 Å². The lowest BCUT2D eigenvalue weighted by atomic mass is 9.96. The maximum Gasteiger partial charge on any atom is 0.407 e. The standard InChI is InChI=1S/C20H25NO3/c1-20(2,3)24-19(23)21-13-7-10-15-8-4-5-12-18(15)16-9-6-11-17(22)14-16/h4-6,8-9,11-12,14,22H,7,10,13H2,1-3H3,(H,21,23). The highest BCUT2D eigenvalue weighted by Gasteiger charge is 2.15. The van der Waals surface area contributed by atoms with Crippen LogP contribution in [0.3, 0.4) is 0 Å². The summed E-state index contributed by atoms with van der Waals surface area (Å²) in [5, 5.41) is 12.4. The van der Waals surface area contributed by atoms with Crippen LogP contribution in [0.25, 0.3) is 11.1 Å². The first-order chi connectivity index (χ1) is 11.3. The van der Waals surface area contributed by atoms with Gasteiger partial charge >= 0.3 is 6.09 Å². The smallest absolute Gasteiger partial charge is 0.407 e. The highest BCUT2D eigenvalue weighted by Crippen LogP contribution is 2.27. The zero-order chi connectivity index (χ0) is 17.6. The second-order valence-corrected chi connectivity index (χ2v) is 6.74. The molecule has 24 heavy (non-hydrogen) atoms. The summed E-state index contributed by atoms with van der Waals surface area (Å²) in [6.45, 7) is 6.09. The number of hydrogen-bond acceptors (Lipinski definition) is 3. The maximum absolute atomic E-state index is 11.6. The van der Waals surface area contributed by atoms with E-state index >= 15 is 0 Å². The second-order valence-electron chi connectivity index (χ2n) is 6.74. The number of alkyl carbamates (subject to hydrolysis) is 1. The molecular formula is C20H25NO3. The molecule has 0 heterocycles. The molecule has 0 unspecified atom stereocenters. The SMILES string of the molecule is CC(C)(C)OC(=O)NCCCc1ccccc1-c1cccc(O)c1. The van der Waals surface area contributed by atoms with Gasteiger partial charge in [0.05, 0.1) is 0 Å². The number of aryl methyl sites for hydroxylation is 1. The average Bonchev–Trinajstić information content (AvgIpc) is 2.50. The largest absolute Gasteiger partial charge is 0.508 e. The summed E-state index contributed by atoms with van der Waals surface area (Å²) in [6, 6.07) is 15.4. The van der Waals surface area contributed by atoms with Gasteiger partial charge in [-0.3, -0.25) is 0 Å². The zero-order valence-corrected chi connectivity index (χ0v) is 14.5. The molecular weight excluding hydrogens is 302 g/mol. The van der Waals surface area contributed by atoms with E-state index in [-0.39, 0.29) is 11.8 Å². The van der Waals surface area contributed by atoms with Crippen molar-refractivity contribution in [2.45, 2.75) is 39.2 Å². The van der Waals surface area contributed by atoms with Crippen LogP contribution in [-0.4, -0.2) is 23.3 Å². The Balaban J connectivity index is 1.93. The van der Waals surface area contributed by atoms with Gasteiger partial charge in [-0.15, -0.1) is 0 Å². The third kappa shape index (κ3) is 5.61. The summed E-state index contributed by atoms with van der Waals surface area (Å²) < 4.78 is 5.22. The number of rotatable bonds is 5. The number of carbonyl (C=O) groups is 1. The van der Waals surface area contributed by atoms with Crippen LogP contribution in [0.2, 0.25) is 0 Å². The lowest BCUT2D eigenvalue weighted by molar-refractivity contribution is 0.0527. The summed E-state index contributed by atoms with van der Waals surface area (Å²) >= 11 is 0. The molecule has 0 aliphatic carbocycles. The number of hydrogen-bond donors (Lipinski definition) is 2. The van der Waals surface area contributed by atoms with Gasteiger partial charge in [-0.05, 0) is 62.4 Å². The van der Waals surface area contributed by atoms with E-state index in [4.69, 9.17) is 4.74 Å². The zero-order valence-electron chi connectivity index (χ0n) is 14.5. The number of phenols is 1. The fourth-order valence-electron chi connectivity index (χ4n) is 2.48. The van der Waals surface area contributed by atoms with Gasteiger partial charge in [0.15, 0.2) is 0 Å². The third-order valence-corrected chi connectivity index (χ3v) is 3.47. The summed E-state index contributed by atoms with van der Waals surface area (Å²) in [5.74, 6) is 0.258. The Morgan fingerprint density at radius 3 is 2.58 bits per heavy atom. The molecule has 0 aliphatic rings. The third-order valence-electron chi connectivity index (χ3n) is 3.47. The van der Waals surface area contributed by atoms with Crippen molar-refractivity contribution in [1.82, 2.24) is 5.32 Å². The Morgan fingerprint density at radius 1 is 1.12 bits per heavy atom. The molecule has 0 aromatic heterocycles. The van der Waals surface area contributed by atoms with Gasteiger partial charge in [-0.2, -0.15) is 0 Å². The monoisotopic (exact) mass is 327 g/mol. The molecule has 0 bridgehead atoms. The minimum absolute atomic E-state index is 0.258. The fraction of sp³-hybridized carbons (Fsp3) is 0.350. The predicted molar refractivity (Wildman–Crippen MR) is 96.1 cm³/mol. The van der Waals surface area contributed by atoms with Crippen molar-refractivity contribution >= 4 is 6.09 Å². The van der Waals surface area contributed by atoms with Crippen LogP contribution in [0.15, 0.2) is 48.5 Å². The molecule has 0 aliphatic heterocycles. The van der Waals surface area contributed by atoms with Crippen LogP contribution in [0.4, 0.5) is 4.79 Å². The first-order valence-corrected chi connectivity index (χ1v) is 8.19. The molecule has 128 valence electrons. The first kappa shape index (κ1) is 17.9. The summed E-state index contributed by atoms with van der Waals surface area (Å²) in [5.41, 5.74) is 2.80. The predicted octanol–water partition coefficient (Wildman–Crippen LogP) is 4.52. The summed E-state index contributed by atoms with van der Waals surface area (Å²) in [6.07, 6.45) is 1.26. The van der Waals surface area contributed by atoms with E-state index in [0.29, 0.717) is 6.54 Å². The Bertz CT molecular complexity index is 689. The lowest BCUT2D eigenvalue weighted by Gasteiger charge is -2.19. The second kappa shape index (κ2) is 7.86. The van der Waals surface area contributed by atoms with Gasteiger partial charge in [0.1, 0.15) is 11.4 Å². The van der Waals surface area contributed by atoms with Gasteiger partial charge in [0.25, 0.3) is 0 Å². The molecule has 4 nitrogen and oxygen atoms in total. The van der Waals surface area contributed by atoms with E-state index in [9.17, 15) is 9.90 Å². The highest BCUT2D eigenvalue weighted by molar-refractivity contribution is 5.69. The Labute approximate surface area is 143 Å². The average molecular weight is 327 g/mol. The molecule has 2 N–H and O–H groups in total. The molecule has 4 heteroatoms. The van der Waals surface area contributed by atoms with E-state index in [1.807, 2.05) is 51.1 Å². The van der Waals surface area contributed by atoms with Gasteiger partial charge in [-0.25, -0.2) is 4.79 Å². The Morgan fingerprint density at radius 2 is 1.88 bits per heavy atom. The van der Waals surface area contributed by atoms with Crippen LogP contribution >= 0.6 is 0 Å². The molecule has 0 fully saturated rings. The number of benzene rings is 2. The van der Waals surface area contributed by atoms with Gasteiger partial charge in [-0.1, -0.05) is 36.4 Å². The van der Waals surface area contributed by atoms with Crippen molar-refractivity contribution in [3.05, 3.63) is 54.1 Å². The first-order valence-electron chi connectivity index (χ1n) is 8.19. The molecule has 0 spiro atoms. The summed E-state index contributed by atoms with van der Waals surface area (Å²) in [4.78, 5) is 11.6. The molecule has 2 aromatic carbocycles. The number of carbonyl (C=O) groups excluding carboxylic acids is 1. The van der Waals surface area contributed by atoms with Gasteiger partial charge < -0.3 is 15.2 Å². The molecule has 0 saturated carbocycles. The number of phenolic OH excluding ortho intramolecular Hbond substituents is 1. The molecule has 0 atom stereocenters. The minimum Gasteiger partial charge on any atom is -0.508 e. The van der Waals surface area contributed by atoms with Crippen LogP contribution in [0, 0.1) is 0 Å². The van der Waals surface area contributed by atoms with E-state index in [1.54, 1.807) is 12.1 Å². The molecule has 2 aromatic rings. The van der Waals surface area contributed by atoms with Crippen molar-refractivity contribution in [3.8, 4) is 16.9 Å². The number of amides is 1. The quantitative estimate of drug-likeness (QED) is 0.794.